The van der Waals surface area contributed by atoms with Gasteiger partial charge < -0.3 is 15.2 Å². The highest BCUT2D eigenvalue weighted by Gasteiger charge is 2.23. The minimum atomic E-state index is -0.597. The van der Waals surface area contributed by atoms with E-state index in [0.29, 0.717) is 31.4 Å². The molecule has 7 heteroatoms. The van der Waals surface area contributed by atoms with Crippen molar-refractivity contribution in [3.05, 3.63) is 47.4 Å². The van der Waals surface area contributed by atoms with Crippen molar-refractivity contribution in [2.24, 2.45) is 0 Å². The van der Waals surface area contributed by atoms with E-state index in [-0.39, 0.29) is 23.6 Å². The molecular weight excluding hydrogens is 367 g/mol. The summed E-state index contributed by atoms with van der Waals surface area (Å²) in [5.74, 6) is -0.407. The number of halogens is 1. The number of rotatable bonds is 5. The molecule has 1 aliphatic carbocycles. The third-order valence-electron chi connectivity index (χ3n) is 4.69. The highest BCUT2D eigenvalue weighted by Crippen LogP contribution is 2.29. The first-order chi connectivity index (χ1) is 13.0. The fourth-order valence-electron chi connectivity index (χ4n) is 3.13. The molecule has 1 saturated carbocycles. The highest BCUT2D eigenvalue weighted by molar-refractivity contribution is 7.98. The van der Waals surface area contributed by atoms with Crippen LogP contribution in [0.3, 0.4) is 0 Å². The maximum absolute atomic E-state index is 13.7. The Morgan fingerprint density at radius 1 is 1.30 bits per heavy atom. The number of carbonyl (C=O) groups excluding carboxylic acids is 1. The van der Waals surface area contributed by atoms with Gasteiger partial charge in [-0.1, -0.05) is 6.07 Å². The first-order valence-corrected chi connectivity index (χ1v) is 10.2. The van der Waals surface area contributed by atoms with Crippen molar-refractivity contribution in [3.63, 3.8) is 0 Å². The number of nitrogens with zero attached hydrogens (tertiary/aromatic N) is 1. The third-order valence-corrected chi connectivity index (χ3v) is 5.57. The summed E-state index contributed by atoms with van der Waals surface area (Å²) in [5.41, 5.74) is 1.19. The lowest BCUT2D eigenvalue weighted by atomic mass is 9.93. The van der Waals surface area contributed by atoms with Crippen molar-refractivity contribution in [3.8, 4) is 11.6 Å². The summed E-state index contributed by atoms with van der Waals surface area (Å²) in [5, 5.41) is 12.5. The minimum absolute atomic E-state index is 0.0421. The van der Waals surface area contributed by atoms with Gasteiger partial charge in [-0.25, -0.2) is 9.37 Å². The Labute approximate surface area is 162 Å². The van der Waals surface area contributed by atoms with Crippen molar-refractivity contribution >= 4 is 17.7 Å². The Hall–Kier alpha value is -2.12. The lowest BCUT2D eigenvalue weighted by Crippen LogP contribution is -2.38. The average Bonchev–Trinajstić information content (AvgIpc) is 2.66. The predicted molar refractivity (Wildman–Crippen MR) is 103 cm³/mol. The first-order valence-electron chi connectivity index (χ1n) is 8.93. The third kappa shape index (κ3) is 4.99. The second-order valence-electron chi connectivity index (χ2n) is 6.72. The molecule has 144 valence electrons. The summed E-state index contributed by atoms with van der Waals surface area (Å²) in [7, 11) is 0. The first kappa shape index (κ1) is 19.6. The number of aliphatic hydroxyl groups is 1. The Morgan fingerprint density at radius 3 is 2.74 bits per heavy atom. The molecule has 1 aliphatic rings. The van der Waals surface area contributed by atoms with Gasteiger partial charge in [-0.05, 0) is 62.6 Å². The van der Waals surface area contributed by atoms with Gasteiger partial charge in [0.15, 0.2) is 0 Å². The van der Waals surface area contributed by atoms with Gasteiger partial charge in [0.25, 0.3) is 5.91 Å². The van der Waals surface area contributed by atoms with E-state index in [1.165, 1.54) is 0 Å². The number of ether oxygens (including phenoxy) is 1. The van der Waals surface area contributed by atoms with Crippen LogP contribution < -0.4 is 10.1 Å². The molecule has 0 aliphatic heterocycles. The fourth-order valence-corrected chi connectivity index (χ4v) is 3.75. The summed E-state index contributed by atoms with van der Waals surface area (Å²) in [4.78, 5) is 17.7. The molecule has 1 heterocycles. The second-order valence-corrected chi connectivity index (χ2v) is 7.57. The van der Waals surface area contributed by atoms with Gasteiger partial charge in [0.05, 0.1) is 12.3 Å². The Bertz CT molecular complexity index is 823. The van der Waals surface area contributed by atoms with E-state index in [4.69, 9.17) is 4.74 Å². The molecule has 1 aromatic heterocycles. The van der Waals surface area contributed by atoms with Crippen molar-refractivity contribution in [2.75, 3.05) is 6.26 Å². The van der Waals surface area contributed by atoms with Crippen LogP contribution in [0.15, 0.2) is 35.4 Å². The average molecular weight is 390 g/mol. The quantitative estimate of drug-likeness (QED) is 0.753. The van der Waals surface area contributed by atoms with Crippen molar-refractivity contribution in [1.29, 1.82) is 0 Å². The van der Waals surface area contributed by atoms with Crippen LogP contribution in [0.5, 0.6) is 11.6 Å². The Morgan fingerprint density at radius 2 is 2.04 bits per heavy atom. The van der Waals surface area contributed by atoms with Crippen LogP contribution >= 0.6 is 11.8 Å². The zero-order valence-electron chi connectivity index (χ0n) is 15.4. The molecule has 1 aromatic carbocycles. The van der Waals surface area contributed by atoms with Crippen molar-refractivity contribution < 1.29 is 19.0 Å². The zero-order chi connectivity index (χ0) is 19.4. The molecule has 2 N–H and O–H groups in total. The summed E-state index contributed by atoms with van der Waals surface area (Å²) in [6, 6.07) is 6.69. The van der Waals surface area contributed by atoms with E-state index in [1.807, 2.05) is 25.3 Å². The number of hydrogen-bond acceptors (Lipinski definition) is 5. The monoisotopic (exact) mass is 390 g/mol. The van der Waals surface area contributed by atoms with Gasteiger partial charge in [-0.2, -0.15) is 0 Å². The van der Waals surface area contributed by atoms with Crippen LogP contribution in [-0.4, -0.2) is 34.4 Å². The standard InChI is InChI=1S/C20H23FN2O3S/c1-12-3-8-16(10-18(12)27-2)26-20-17(9-13(21)11-22-20)19(25)23-14-4-6-15(24)7-5-14/h3,8-11,14-15,24H,4-7H2,1-2H3,(H,23,25)/t14-,15-. The minimum Gasteiger partial charge on any atom is -0.438 e. The molecule has 5 nitrogen and oxygen atoms in total. The second kappa shape index (κ2) is 8.71. The molecule has 0 radical (unpaired) electrons. The number of pyridine rings is 1. The summed E-state index contributed by atoms with van der Waals surface area (Å²) in [6.07, 6.45) is 5.39. The zero-order valence-corrected chi connectivity index (χ0v) is 16.2. The number of amides is 1. The predicted octanol–water partition coefficient (Wildman–Crippen LogP) is 4.08. The number of thioether (sulfide) groups is 1. The number of carbonyl (C=O) groups is 1. The number of benzene rings is 1. The summed E-state index contributed by atoms with van der Waals surface area (Å²) in [6.45, 7) is 2.01. The van der Waals surface area contributed by atoms with Crippen molar-refractivity contribution in [2.45, 2.75) is 49.6 Å². The lowest BCUT2D eigenvalue weighted by Gasteiger charge is -2.26. The summed E-state index contributed by atoms with van der Waals surface area (Å²) >= 11 is 1.60. The fraction of sp³-hybridized carbons (Fsp3) is 0.400. The molecule has 3 rings (SSSR count). The van der Waals surface area contributed by atoms with Gasteiger partial charge in [-0.15, -0.1) is 11.8 Å². The topological polar surface area (TPSA) is 71.5 Å². The number of nitrogens with one attached hydrogen (secondary N) is 1. The molecule has 0 atom stereocenters. The Balaban J connectivity index is 1.79. The lowest BCUT2D eigenvalue weighted by molar-refractivity contribution is 0.0864. The molecule has 2 aromatic rings. The van der Waals surface area contributed by atoms with Crippen LogP contribution in [0.2, 0.25) is 0 Å². The number of aryl methyl sites for hydroxylation is 1. The smallest absolute Gasteiger partial charge is 0.257 e. The number of hydrogen-bond donors (Lipinski definition) is 2. The SMILES string of the molecule is CSc1cc(Oc2ncc(F)cc2C(=O)N[C@H]2CC[C@H](O)CC2)ccc1C. The molecule has 1 fully saturated rings. The largest absolute Gasteiger partial charge is 0.438 e. The van der Waals surface area contributed by atoms with E-state index in [2.05, 4.69) is 10.3 Å². The maximum Gasteiger partial charge on any atom is 0.257 e. The summed E-state index contributed by atoms with van der Waals surface area (Å²) < 4.78 is 19.5. The molecule has 0 spiro atoms. The van der Waals surface area contributed by atoms with E-state index in [1.54, 1.807) is 17.8 Å². The van der Waals surface area contributed by atoms with Crippen LogP contribution in [0.25, 0.3) is 0 Å². The molecular formula is C20H23FN2O3S. The normalized spacial score (nSPS) is 19.6. The van der Waals surface area contributed by atoms with Crippen LogP contribution in [-0.2, 0) is 0 Å². The molecule has 0 saturated heterocycles. The van der Waals surface area contributed by atoms with Crippen LogP contribution in [0.1, 0.15) is 41.6 Å². The van der Waals surface area contributed by atoms with Gasteiger partial charge in [0, 0.05) is 10.9 Å². The van der Waals surface area contributed by atoms with E-state index in [9.17, 15) is 14.3 Å². The van der Waals surface area contributed by atoms with Gasteiger partial charge in [-0.3, -0.25) is 4.79 Å². The van der Waals surface area contributed by atoms with Crippen LogP contribution in [0.4, 0.5) is 4.39 Å². The van der Waals surface area contributed by atoms with Gasteiger partial charge in [0.2, 0.25) is 5.88 Å². The molecule has 0 bridgehead atoms. The van der Waals surface area contributed by atoms with Crippen molar-refractivity contribution in [1.82, 2.24) is 10.3 Å². The molecule has 1 amide bonds. The highest BCUT2D eigenvalue weighted by atomic mass is 32.2. The Kier molecular flexibility index (Phi) is 6.34. The number of aliphatic hydroxyl groups excluding tert-OH is 1. The van der Waals surface area contributed by atoms with E-state index < -0.39 is 11.7 Å². The van der Waals surface area contributed by atoms with Gasteiger partial charge in [0.1, 0.15) is 17.1 Å². The number of aromatic nitrogens is 1. The maximum atomic E-state index is 13.7. The molecule has 0 unspecified atom stereocenters. The van der Waals surface area contributed by atoms with E-state index >= 15 is 0 Å². The van der Waals surface area contributed by atoms with Gasteiger partial charge >= 0.3 is 0 Å². The van der Waals surface area contributed by atoms with Crippen LogP contribution in [0, 0.1) is 12.7 Å². The van der Waals surface area contributed by atoms with E-state index in [0.717, 1.165) is 22.7 Å². The molecule has 27 heavy (non-hydrogen) atoms.